The van der Waals surface area contributed by atoms with Crippen LogP contribution < -0.4 is 0 Å². The molecule has 0 aromatic carbocycles. The molecule has 2 rings (SSSR count). The van der Waals surface area contributed by atoms with Crippen LogP contribution in [0.4, 0.5) is 0 Å². The molecule has 8 heteroatoms. The smallest absolute Gasteiger partial charge is 0.352 e. The second kappa shape index (κ2) is 6.17. The second-order valence-corrected chi connectivity index (χ2v) is 6.99. The van der Waals surface area contributed by atoms with Crippen molar-refractivity contribution in [2.24, 2.45) is 0 Å². The predicted molar refractivity (Wildman–Crippen MR) is 75.9 cm³/mol. The van der Waals surface area contributed by atoms with Gasteiger partial charge < -0.3 is 14.4 Å². The summed E-state index contributed by atoms with van der Waals surface area (Å²) in [6, 6.07) is 0.974. The Morgan fingerprint density at radius 3 is 2.81 bits per heavy atom. The first kappa shape index (κ1) is 16.0. The topological polar surface area (TPSA) is 88.8 Å². The summed E-state index contributed by atoms with van der Waals surface area (Å²) in [5.74, 6) is -1.13. The Morgan fingerprint density at radius 2 is 2.24 bits per heavy atom. The molecule has 1 aliphatic rings. The van der Waals surface area contributed by atoms with Gasteiger partial charge in [0.2, 0.25) is 10.0 Å². The average Bonchev–Trinajstić information content (AvgIpc) is 2.84. The van der Waals surface area contributed by atoms with E-state index < -0.39 is 16.0 Å². The first-order valence-electron chi connectivity index (χ1n) is 6.91. The molecule has 0 aliphatic carbocycles. The molecule has 1 unspecified atom stereocenters. The highest BCUT2D eigenvalue weighted by molar-refractivity contribution is 7.89. The quantitative estimate of drug-likeness (QED) is 0.875. The highest BCUT2D eigenvalue weighted by Gasteiger charge is 2.33. The number of aromatic nitrogens is 1. The van der Waals surface area contributed by atoms with Crippen LogP contribution in [0.3, 0.4) is 0 Å². The normalized spacial score (nSPS) is 20.6. The van der Waals surface area contributed by atoms with Gasteiger partial charge in [-0.2, -0.15) is 4.31 Å². The SMILES string of the molecule is CCCn1cc(S(=O)(=O)N2CCOCC2C)cc1C(=O)O. The van der Waals surface area contributed by atoms with Crippen LogP contribution >= 0.6 is 0 Å². The number of nitrogens with zero attached hydrogens (tertiary/aromatic N) is 2. The van der Waals surface area contributed by atoms with E-state index in [-0.39, 0.29) is 23.2 Å². The van der Waals surface area contributed by atoms with Crippen LogP contribution in [0.25, 0.3) is 0 Å². The third-order valence-corrected chi connectivity index (χ3v) is 5.45. The molecule has 21 heavy (non-hydrogen) atoms. The number of morpholine rings is 1. The Kier molecular flexibility index (Phi) is 4.70. The van der Waals surface area contributed by atoms with Crippen molar-refractivity contribution in [2.45, 2.75) is 37.8 Å². The molecular weight excluding hydrogens is 296 g/mol. The van der Waals surface area contributed by atoms with Crippen LogP contribution in [0.5, 0.6) is 0 Å². The van der Waals surface area contributed by atoms with Gasteiger partial charge in [-0.1, -0.05) is 6.92 Å². The number of aromatic carboxylic acids is 1. The first-order valence-corrected chi connectivity index (χ1v) is 8.35. The Labute approximate surface area is 124 Å². The minimum atomic E-state index is -3.70. The zero-order chi connectivity index (χ0) is 15.6. The third-order valence-electron chi connectivity index (χ3n) is 3.47. The number of carbonyl (C=O) groups is 1. The van der Waals surface area contributed by atoms with Crippen molar-refractivity contribution in [3.8, 4) is 0 Å². The minimum Gasteiger partial charge on any atom is -0.477 e. The molecule has 1 aromatic heterocycles. The van der Waals surface area contributed by atoms with Gasteiger partial charge in [-0.25, -0.2) is 13.2 Å². The van der Waals surface area contributed by atoms with Crippen molar-refractivity contribution in [1.29, 1.82) is 0 Å². The van der Waals surface area contributed by atoms with Crippen LogP contribution in [0.2, 0.25) is 0 Å². The summed E-state index contributed by atoms with van der Waals surface area (Å²) in [5.41, 5.74) is -0.00339. The van der Waals surface area contributed by atoms with Gasteiger partial charge >= 0.3 is 5.97 Å². The predicted octanol–water partition coefficient (Wildman–Crippen LogP) is 1.01. The molecule has 1 N–H and O–H groups in total. The number of aryl methyl sites for hydroxylation is 1. The van der Waals surface area contributed by atoms with Gasteiger partial charge in [-0.3, -0.25) is 0 Å². The molecule has 0 spiro atoms. The van der Waals surface area contributed by atoms with E-state index in [0.717, 1.165) is 6.42 Å². The number of ether oxygens (including phenoxy) is 1. The lowest BCUT2D eigenvalue weighted by Gasteiger charge is -2.31. The van der Waals surface area contributed by atoms with Crippen molar-refractivity contribution in [3.05, 3.63) is 18.0 Å². The number of hydrogen-bond donors (Lipinski definition) is 1. The number of carboxylic acids is 1. The molecule has 1 fully saturated rings. The van der Waals surface area contributed by atoms with E-state index in [4.69, 9.17) is 4.74 Å². The van der Waals surface area contributed by atoms with Crippen molar-refractivity contribution < 1.29 is 23.1 Å². The Morgan fingerprint density at radius 1 is 1.52 bits per heavy atom. The molecule has 1 aromatic rings. The van der Waals surface area contributed by atoms with E-state index in [0.29, 0.717) is 19.8 Å². The van der Waals surface area contributed by atoms with Gasteiger partial charge in [0, 0.05) is 25.3 Å². The highest BCUT2D eigenvalue weighted by Crippen LogP contribution is 2.23. The summed E-state index contributed by atoms with van der Waals surface area (Å²) in [6.45, 7) is 5.13. The first-order chi connectivity index (χ1) is 9.87. The van der Waals surface area contributed by atoms with Crippen LogP contribution in [0.15, 0.2) is 17.2 Å². The lowest BCUT2D eigenvalue weighted by atomic mass is 10.3. The van der Waals surface area contributed by atoms with Gasteiger partial charge in [0.05, 0.1) is 13.2 Å². The van der Waals surface area contributed by atoms with Gasteiger partial charge in [-0.15, -0.1) is 0 Å². The summed E-state index contributed by atoms with van der Waals surface area (Å²) >= 11 is 0. The Balaban J connectivity index is 2.40. The molecular formula is C13H20N2O5S. The zero-order valence-electron chi connectivity index (χ0n) is 12.2. The average molecular weight is 316 g/mol. The molecule has 118 valence electrons. The van der Waals surface area contributed by atoms with Gasteiger partial charge in [0.25, 0.3) is 0 Å². The molecule has 1 saturated heterocycles. The monoisotopic (exact) mass is 316 g/mol. The van der Waals surface area contributed by atoms with Gasteiger partial charge in [-0.05, 0) is 19.4 Å². The van der Waals surface area contributed by atoms with E-state index in [1.807, 2.05) is 6.92 Å². The van der Waals surface area contributed by atoms with Gasteiger partial charge in [0.1, 0.15) is 10.6 Å². The molecule has 0 radical (unpaired) electrons. The number of rotatable bonds is 5. The maximum Gasteiger partial charge on any atom is 0.352 e. The van der Waals surface area contributed by atoms with Gasteiger partial charge in [0.15, 0.2) is 0 Å². The van der Waals surface area contributed by atoms with Crippen LogP contribution in [0.1, 0.15) is 30.8 Å². The Hall–Kier alpha value is -1.38. The zero-order valence-corrected chi connectivity index (χ0v) is 13.0. The Bertz CT molecular complexity index is 623. The number of hydrogen-bond acceptors (Lipinski definition) is 4. The maximum atomic E-state index is 12.7. The van der Waals surface area contributed by atoms with E-state index in [1.165, 1.54) is 21.1 Å². The molecule has 7 nitrogen and oxygen atoms in total. The van der Waals surface area contributed by atoms with E-state index in [1.54, 1.807) is 6.92 Å². The van der Waals surface area contributed by atoms with Crippen LogP contribution in [0, 0.1) is 0 Å². The standard InChI is InChI=1S/C13H20N2O5S/c1-3-4-14-8-11(7-12(14)13(16)17)21(18,19)15-5-6-20-9-10(15)2/h7-8,10H,3-6,9H2,1-2H3,(H,16,17). The van der Waals surface area contributed by atoms with Crippen molar-refractivity contribution >= 4 is 16.0 Å². The molecule has 1 aliphatic heterocycles. The van der Waals surface area contributed by atoms with Crippen LogP contribution in [-0.2, 0) is 21.3 Å². The minimum absolute atomic E-state index is 0.00339. The van der Waals surface area contributed by atoms with Crippen molar-refractivity contribution in [2.75, 3.05) is 19.8 Å². The molecule has 0 bridgehead atoms. The second-order valence-electron chi connectivity index (χ2n) is 5.10. The highest BCUT2D eigenvalue weighted by atomic mass is 32.2. The molecule has 2 heterocycles. The largest absolute Gasteiger partial charge is 0.477 e. The fourth-order valence-corrected chi connectivity index (χ4v) is 4.08. The van der Waals surface area contributed by atoms with E-state index in [9.17, 15) is 18.3 Å². The maximum absolute atomic E-state index is 12.7. The summed E-state index contributed by atoms with van der Waals surface area (Å²) in [4.78, 5) is 11.3. The molecule has 0 saturated carbocycles. The summed E-state index contributed by atoms with van der Waals surface area (Å²) in [5, 5.41) is 9.18. The fraction of sp³-hybridized carbons (Fsp3) is 0.615. The summed E-state index contributed by atoms with van der Waals surface area (Å²) in [7, 11) is -3.70. The molecule has 0 amide bonds. The third kappa shape index (κ3) is 3.12. The number of carboxylic acid groups (broad SMARTS) is 1. The van der Waals surface area contributed by atoms with E-state index >= 15 is 0 Å². The van der Waals surface area contributed by atoms with Crippen molar-refractivity contribution in [3.63, 3.8) is 0 Å². The lowest BCUT2D eigenvalue weighted by Crippen LogP contribution is -2.46. The summed E-state index contributed by atoms with van der Waals surface area (Å²) in [6.07, 6.45) is 2.13. The number of sulfonamides is 1. The summed E-state index contributed by atoms with van der Waals surface area (Å²) < 4.78 is 33.4. The fourth-order valence-electron chi connectivity index (χ4n) is 2.43. The van der Waals surface area contributed by atoms with Crippen molar-refractivity contribution in [1.82, 2.24) is 8.87 Å². The lowest BCUT2D eigenvalue weighted by molar-refractivity contribution is 0.0393. The molecule has 1 atom stereocenters. The van der Waals surface area contributed by atoms with E-state index in [2.05, 4.69) is 0 Å². The van der Waals surface area contributed by atoms with Crippen LogP contribution in [-0.4, -0.2) is 54.2 Å².